The van der Waals surface area contributed by atoms with E-state index in [1.54, 1.807) is 0 Å². The van der Waals surface area contributed by atoms with Crippen molar-refractivity contribution in [3.8, 4) is 0 Å². The number of nitrogens with two attached hydrogens (primary N) is 1. The number of carbonyl (C=O) groups excluding carboxylic acids is 1. The van der Waals surface area contributed by atoms with Gasteiger partial charge in [0.25, 0.3) is 0 Å². The average Bonchev–Trinajstić information content (AvgIpc) is 2.26. The first kappa shape index (κ1) is 13.3. The van der Waals surface area contributed by atoms with Crippen LogP contribution < -0.4 is 11.1 Å². The summed E-state index contributed by atoms with van der Waals surface area (Å²) in [7, 11) is 0. The van der Waals surface area contributed by atoms with Crippen molar-refractivity contribution < 1.29 is 9.53 Å². The molecular formula is C11H23N3O2. The van der Waals surface area contributed by atoms with E-state index in [1.165, 1.54) is 0 Å². The van der Waals surface area contributed by atoms with E-state index in [2.05, 4.69) is 5.32 Å². The lowest BCUT2D eigenvalue weighted by molar-refractivity contribution is 0.0189. The molecule has 0 aromatic heterocycles. The van der Waals surface area contributed by atoms with E-state index >= 15 is 0 Å². The fourth-order valence-corrected chi connectivity index (χ4v) is 1.80. The first-order valence-corrected chi connectivity index (χ1v) is 6.00. The third kappa shape index (κ3) is 4.37. The van der Waals surface area contributed by atoms with Crippen molar-refractivity contribution in [2.75, 3.05) is 26.2 Å². The largest absolute Gasteiger partial charge is 0.377 e. The molecule has 1 fully saturated rings. The second kappa shape index (κ2) is 6.70. The Balaban J connectivity index is 2.23. The van der Waals surface area contributed by atoms with Crippen LogP contribution in [0, 0.1) is 0 Å². The van der Waals surface area contributed by atoms with Crippen LogP contribution in [0.5, 0.6) is 0 Å². The quantitative estimate of drug-likeness (QED) is 0.739. The van der Waals surface area contributed by atoms with Gasteiger partial charge in [-0.2, -0.15) is 0 Å². The number of urea groups is 1. The number of hydrogen-bond donors (Lipinski definition) is 2. The summed E-state index contributed by atoms with van der Waals surface area (Å²) in [6.45, 7) is 6.66. The molecule has 5 heteroatoms. The van der Waals surface area contributed by atoms with Crippen LogP contribution in [-0.2, 0) is 4.74 Å². The molecule has 0 bridgehead atoms. The molecule has 1 heterocycles. The van der Waals surface area contributed by atoms with Crippen LogP contribution in [0.25, 0.3) is 0 Å². The van der Waals surface area contributed by atoms with Gasteiger partial charge in [0.15, 0.2) is 0 Å². The molecule has 0 spiro atoms. The molecule has 16 heavy (non-hydrogen) atoms. The summed E-state index contributed by atoms with van der Waals surface area (Å²) in [5.74, 6) is 0. The zero-order valence-electron chi connectivity index (χ0n) is 10.2. The van der Waals surface area contributed by atoms with Crippen LogP contribution in [0.15, 0.2) is 0 Å². The predicted molar refractivity (Wildman–Crippen MR) is 63.3 cm³/mol. The van der Waals surface area contributed by atoms with Gasteiger partial charge in [-0.25, -0.2) is 4.79 Å². The molecule has 1 aliphatic heterocycles. The molecule has 0 aromatic rings. The highest BCUT2D eigenvalue weighted by atomic mass is 16.5. The minimum absolute atomic E-state index is 0.0345. The number of likely N-dealkylation sites (tertiary alicyclic amines) is 1. The third-order valence-corrected chi connectivity index (χ3v) is 2.61. The molecule has 3 N–H and O–H groups in total. The van der Waals surface area contributed by atoms with Crippen molar-refractivity contribution in [1.82, 2.24) is 10.2 Å². The highest BCUT2D eigenvalue weighted by Gasteiger charge is 2.23. The van der Waals surface area contributed by atoms with Crippen molar-refractivity contribution in [2.24, 2.45) is 5.73 Å². The third-order valence-electron chi connectivity index (χ3n) is 2.61. The molecule has 0 aliphatic carbocycles. The van der Waals surface area contributed by atoms with Gasteiger partial charge in [-0.3, -0.25) is 0 Å². The Morgan fingerprint density at radius 2 is 2.12 bits per heavy atom. The maximum atomic E-state index is 11.7. The highest BCUT2D eigenvalue weighted by molar-refractivity contribution is 5.74. The lowest BCUT2D eigenvalue weighted by Gasteiger charge is -2.32. The smallest absolute Gasteiger partial charge is 0.317 e. The first-order valence-electron chi connectivity index (χ1n) is 6.00. The molecule has 0 saturated carbocycles. The Morgan fingerprint density at radius 3 is 2.62 bits per heavy atom. The number of nitrogens with one attached hydrogen (secondary N) is 1. The van der Waals surface area contributed by atoms with Gasteiger partial charge in [-0.1, -0.05) is 0 Å². The molecule has 5 nitrogen and oxygen atoms in total. The van der Waals surface area contributed by atoms with Crippen LogP contribution in [0.3, 0.4) is 0 Å². The number of carbonyl (C=O) groups is 1. The SMILES string of the molecule is CC(C)NC(=O)N1CCC(OCCN)CC1. The lowest BCUT2D eigenvalue weighted by atomic mass is 10.1. The highest BCUT2D eigenvalue weighted by Crippen LogP contribution is 2.13. The summed E-state index contributed by atoms with van der Waals surface area (Å²) in [4.78, 5) is 13.5. The fourth-order valence-electron chi connectivity index (χ4n) is 1.80. The summed E-state index contributed by atoms with van der Waals surface area (Å²) >= 11 is 0. The number of hydrogen-bond acceptors (Lipinski definition) is 3. The molecule has 0 unspecified atom stereocenters. The van der Waals surface area contributed by atoms with Gasteiger partial charge >= 0.3 is 6.03 Å². The van der Waals surface area contributed by atoms with Crippen LogP contribution in [0.2, 0.25) is 0 Å². The first-order chi connectivity index (χ1) is 7.63. The molecule has 0 atom stereocenters. The number of ether oxygens (including phenoxy) is 1. The van der Waals surface area contributed by atoms with E-state index in [0.29, 0.717) is 13.2 Å². The molecule has 1 saturated heterocycles. The van der Waals surface area contributed by atoms with Crippen molar-refractivity contribution in [3.05, 3.63) is 0 Å². The van der Waals surface area contributed by atoms with Crippen molar-refractivity contribution in [1.29, 1.82) is 0 Å². The van der Waals surface area contributed by atoms with Gasteiger partial charge in [-0.05, 0) is 26.7 Å². The number of rotatable bonds is 4. The van der Waals surface area contributed by atoms with Crippen molar-refractivity contribution in [2.45, 2.75) is 38.8 Å². The van der Waals surface area contributed by atoms with Crippen LogP contribution >= 0.6 is 0 Å². The van der Waals surface area contributed by atoms with Gasteiger partial charge < -0.3 is 20.7 Å². The number of amides is 2. The van der Waals surface area contributed by atoms with Gasteiger partial charge in [-0.15, -0.1) is 0 Å². The monoisotopic (exact) mass is 229 g/mol. The van der Waals surface area contributed by atoms with E-state index in [-0.39, 0.29) is 18.2 Å². The number of piperidine rings is 1. The predicted octanol–water partition coefficient (Wildman–Crippen LogP) is 0.544. The molecule has 1 aliphatic rings. The summed E-state index contributed by atoms with van der Waals surface area (Å²) in [5, 5.41) is 2.90. The van der Waals surface area contributed by atoms with Crippen molar-refractivity contribution >= 4 is 6.03 Å². The van der Waals surface area contributed by atoms with Crippen LogP contribution in [-0.4, -0.2) is 49.3 Å². The standard InChI is InChI=1S/C11H23N3O2/c1-9(2)13-11(15)14-6-3-10(4-7-14)16-8-5-12/h9-10H,3-8,12H2,1-2H3,(H,13,15). The minimum atomic E-state index is 0.0345. The van der Waals surface area contributed by atoms with Gasteiger partial charge in [0.05, 0.1) is 12.7 Å². The fraction of sp³-hybridized carbons (Fsp3) is 0.909. The number of nitrogens with zero attached hydrogens (tertiary/aromatic N) is 1. The summed E-state index contributed by atoms with van der Waals surface area (Å²) in [5.41, 5.74) is 5.38. The zero-order chi connectivity index (χ0) is 12.0. The second-order valence-corrected chi connectivity index (χ2v) is 4.45. The normalized spacial score (nSPS) is 17.9. The topological polar surface area (TPSA) is 67.6 Å². The van der Waals surface area contributed by atoms with Gasteiger partial charge in [0.2, 0.25) is 0 Å². The van der Waals surface area contributed by atoms with Crippen LogP contribution in [0.4, 0.5) is 4.79 Å². The van der Waals surface area contributed by atoms with E-state index in [1.807, 2.05) is 18.7 Å². The van der Waals surface area contributed by atoms with Crippen LogP contribution in [0.1, 0.15) is 26.7 Å². The van der Waals surface area contributed by atoms with Crippen molar-refractivity contribution in [3.63, 3.8) is 0 Å². The zero-order valence-corrected chi connectivity index (χ0v) is 10.2. The molecule has 0 radical (unpaired) electrons. The van der Waals surface area contributed by atoms with E-state index < -0.39 is 0 Å². The van der Waals surface area contributed by atoms with E-state index in [0.717, 1.165) is 25.9 Å². The molecule has 94 valence electrons. The maximum Gasteiger partial charge on any atom is 0.317 e. The Hall–Kier alpha value is -0.810. The molecule has 2 amide bonds. The summed E-state index contributed by atoms with van der Waals surface area (Å²) < 4.78 is 5.56. The van der Waals surface area contributed by atoms with E-state index in [4.69, 9.17) is 10.5 Å². The van der Waals surface area contributed by atoms with Gasteiger partial charge in [0, 0.05) is 25.7 Å². The Bertz CT molecular complexity index is 213. The molecular weight excluding hydrogens is 206 g/mol. The van der Waals surface area contributed by atoms with Gasteiger partial charge in [0.1, 0.15) is 0 Å². The molecule has 0 aromatic carbocycles. The Morgan fingerprint density at radius 1 is 1.50 bits per heavy atom. The maximum absolute atomic E-state index is 11.7. The summed E-state index contributed by atoms with van der Waals surface area (Å²) in [6, 6.07) is 0.228. The Labute approximate surface area is 97.3 Å². The molecule has 1 rings (SSSR count). The second-order valence-electron chi connectivity index (χ2n) is 4.45. The van der Waals surface area contributed by atoms with E-state index in [9.17, 15) is 4.79 Å². The average molecular weight is 229 g/mol. The lowest BCUT2D eigenvalue weighted by Crippen LogP contribution is -2.47. The summed E-state index contributed by atoms with van der Waals surface area (Å²) in [6.07, 6.45) is 2.09. The minimum Gasteiger partial charge on any atom is -0.377 e. The Kier molecular flexibility index (Phi) is 5.55.